The molecule has 0 aromatic heterocycles. The first-order valence-corrected chi connectivity index (χ1v) is 10.9. The lowest BCUT2D eigenvalue weighted by Crippen LogP contribution is -2.45. The lowest BCUT2D eigenvalue weighted by molar-refractivity contribution is -0.121. The van der Waals surface area contributed by atoms with Crippen LogP contribution in [-0.2, 0) is 9.53 Å². The number of aryl methyl sites for hydroxylation is 1. The van der Waals surface area contributed by atoms with Gasteiger partial charge in [0.2, 0.25) is 0 Å². The van der Waals surface area contributed by atoms with E-state index >= 15 is 0 Å². The first kappa shape index (κ1) is 21.5. The molecule has 2 atom stereocenters. The largest absolute Gasteiger partial charge is 0.481 e. The van der Waals surface area contributed by atoms with Crippen LogP contribution >= 0.6 is 0 Å². The molecule has 2 aromatic rings. The van der Waals surface area contributed by atoms with E-state index in [1.165, 1.54) is 11.3 Å². The number of benzene rings is 2. The van der Waals surface area contributed by atoms with Crippen molar-refractivity contribution in [1.29, 1.82) is 0 Å². The Hall–Kier alpha value is -2.77. The van der Waals surface area contributed by atoms with Crippen molar-refractivity contribution in [3.05, 3.63) is 42.0 Å². The number of anilines is 4. The van der Waals surface area contributed by atoms with Crippen LogP contribution in [0.25, 0.3) is 0 Å². The third kappa shape index (κ3) is 4.78. The van der Waals surface area contributed by atoms with Crippen molar-refractivity contribution in [3.63, 3.8) is 0 Å². The second-order valence-corrected chi connectivity index (χ2v) is 8.41. The molecular weight excluding hydrogens is 392 g/mol. The van der Waals surface area contributed by atoms with Crippen LogP contribution in [-0.4, -0.2) is 57.9 Å². The molecule has 166 valence electrons. The van der Waals surface area contributed by atoms with Gasteiger partial charge >= 0.3 is 0 Å². The Morgan fingerprint density at radius 1 is 1.03 bits per heavy atom. The summed E-state index contributed by atoms with van der Waals surface area (Å²) in [6, 6.07) is 12.3. The van der Waals surface area contributed by atoms with Crippen LogP contribution in [0.2, 0.25) is 0 Å². The quantitative estimate of drug-likeness (QED) is 0.742. The first-order valence-electron chi connectivity index (χ1n) is 10.9. The van der Waals surface area contributed by atoms with Crippen LogP contribution in [0, 0.1) is 6.92 Å². The number of hydrogen-bond acceptors (Lipinski definition) is 6. The predicted octanol–water partition coefficient (Wildman–Crippen LogP) is 3.30. The van der Waals surface area contributed by atoms with Gasteiger partial charge in [0.1, 0.15) is 5.75 Å². The summed E-state index contributed by atoms with van der Waals surface area (Å²) in [7, 11) is 1.88. The maximum absolute atomic E-state index is 12.2. The van der Waals surface area contributed by atoms with Crippen molar-refractivity contribution in [1.82, 2.24) is 5.32 Å². The second kappa shape index (κ2) is 9.16. The van der Waals surface area contributed by atoms with E-state index < -0.39 is 0 Å². The molecule has 0 aliphatic carbocycles. The third-order valence-corrected chi connectivity index (χ3v) is 5.73. The van der Waals surface area contributed by atoms with Gasteiger partial charge in [0.15, 0.2) is 6.61 Å². The Kier molecular flexibility index (Phi) is 6.34. The molecule has 0 radical (unpaired) electrons. The molecule has 7 nitrogen and oxygen atoms in total. The van der Waals surface area contributed by atoms with Gasteiger partial charge in [-0.1, -0.05) is 0 Å². The van der Waals surface area contributed by atoms with Crippen LogP contribution in [0.15, 0.2) is 36.4 Å². The topological polar surface area (TPSA) is 66.1 Å². The fraction of sp³-hybridized carbons (Fsp3) is 0.458. The Bertz CT molecular complexity index is 938. The summed E-state index contributed by atoms with van der Waals surface area (Å²) in [6.07, 6.45) is 0.465. The number of carbonyl (C=O) groups excluding carboxylic acids is 1. The van der Waals surface area contributed by atoms with Gasteiger partial charge in [-0.05, 0) is 63.7 Å². The van der Waals surface area contributed by atoms with E-state index in [-0.39, 0.29) is 24.7 Å². The molecule has 31 heavy (non-hydrogen) atoms. The minimum absolute atomic E-state index is 0.0126. The van der Waals surface area contributed by atoms with Crippen molar-refractivity contribution in [2.45, 2.75) is 33.0 Å². The van der Waals surface area contributed by atoms with Gasteiger partial charge in [0.25, 0.3) is 5.91 Å². The van der Waals surface area contributed by atoms with Crippen LogP contribution in [0.1, 0.15) is 19.4 Å². The predicted molar refractivity (Wildman–Crippen MR) is 125 cm³/mol. The van der Waals surface area contributed by atoms with Gasteiger partial charge in [-0.15, -0.1) is 0 Å². The molecular formula is C24H32N4O3. The SMILES string of the molecule is CNCCN1C(=O)COc2cc(Nc3ccc(N4CC(C)OC(C)C4)c(C)c3)ccc21. The van der Waals surface area contributed by atoms with E-state index in [9.17, 15) is 4.79 Å². The summed E-state index contributed by atoms with van der Waals surface area (Å²) in [4.78, 5) is 16.4. The molecule has 2 unspecified atom stereocenters. The number of ether oxygens (including phenoxy) is 2. The van der Waals surface area contributed by atoms with Crippen molar-refractivity contribution < 1.29 is 14.3 Å². The Labute approximate surface area is 184 Å². The molecule has 4 rings (SSSR count). The third-order valence-electron chi connectivity index (χ3n) is 5.73. The fourth-order valence-corrected chi connectivity index (χ4v) is 4.38. The molecule has 0 spiro atoms. The molecule has 2 N–H and O–H groups in total. The summed E-state index contributed by atoms with van der Waals surface area (Å²) < 4.78 is 11.6. The Morgan fingerprint density at radius 2 is 1.71 bits per heavy atom. The number of carbonyl (C=O) groups is 1. The van der Waals surface area contributed by atoms with E-state index in [0.29, 0.717) is 6.54 Å². The van der Waals surface area contributed by atoms with Crippen LogP contribution in [0.4, 0.5) is 22.7 Å². The number of hydrogen-bond donors (Lipinski definition) is 2. The van der Waals surface area contributed by atoms with Crippen molar-refractivity contribution in [2.24, 2.45) is 0 Å². The van der Waals surface area contributed by atoms with Gasteiger partial charge in [-0.25, -0.2) is 0 Å². The highest BCUT2D eigenvalue weighted by atomic mass is 16.5. The zero-order valence-electron chi connectivity index (χ0n) is 18.8. The summed E-state index contributed by atoms with van der Waals surface area (Å²) in [5, 5.41) is 6.56. The molecule has 0 saturated carbocycles. The van der Waals surface area contributed by atoms with Crippen LogP contribution in [0.3, 0.4) is 0 Å². The maximum Gasteiger partial charge on any atom is 0.265 e. The summed E-state index contributed by atoms with van der Waals surface area (Å²) in [5.41, 5.74) is 5.25. The first-order chi connectivity index (χ1) is 14.9. The number of morpholine rings is 1. The van der Waals surface area contributed by atoms with Gasteiger partial charge < -0.3 is 29.9 Å². The number of fused-ring (bicyclic) bond motifs is 1. The Balaban J connectivity index is 1.50. The average molecular weight is 425 g/mol. The van der Waals surface area contributed by atoms with Crippen molar-refractivity contribution in [3.8, 4) is 5.75 Å². The standard InChI is InChI=1S/C24H32N4O3/c1-16-11-19(5-7-21(16)27-13-17(2)31-18(3)14-27)26-20-6-8-22-23(12-20)30-15-24(29)28(22)10-9-25-4/h5-8,11-12,17-18,25-26H,9-10,13-15H2,1-4H3. The number of nitrogens with one attached hydrogen (secondary N) is 2. The number of rotatable bonds is 6. The van der Waals surface area contributed by atoms with E-state index in [1.807, 2.05) is 25.2 Å². The van der Waals surface area contributed by atoms with Crippen molar-refractivity contribution >= 4 is 28.7 Å². The molecule has 1 saturated heterocycles. The van der Waals surface area contributed by atoms with Gasteiger partial charge in [0, 0.05) is 49.3 Å². The summed E-state index contributed by atoms with van der Waals surface area (Å²) in [5.74, 6) is 0.715. The lowest BCUT2D eigenvalue weighted by Gasteiger charge is -2.37. The normalized spacial score (nSPS) is 21.0. The van der Waals surface area contributed by atoms with E-state index in [4.69, 9.17) is 9.47 Å². The fourth-order valence-electron chi connectivity index (χ4n) is 4.38. The van der Waals surface area contributed by atoms with E-state index in [0.717, 1.165) is 42.4 Å². The van der Waals surface area contributed by atoms with Crippen LogP contribution < -0.4 is 25.2 Å². The Morgan fingerprint density at radius 3 is 2.39 bits per heavy atom. The number of nitrogens with zero attached hydrogens (tertiary/aromatic N) is 2. The summed E-state index contributed by atoms with van der Waals surface area (Å²) >= 11 is 0. The zero-order chi connectivity index (χ0) is 22.0. The molecule has 2 heterocycles. The van der Waals surface area contributed by atoms with Crippen molar-refractivity contribution in [2.75, 3.05) is 55.0 Å². The second-order valence-electron chi connectivity index (χ2n) is 8.41. The monoisotopic (exact) mass is 424 g/mol. The maximum atomic E-state index is 12.2. The lowest BCUT2D eigenvalue weighted by atomic mass is 10.1. The molecule has 1 fully saturated rings. The van der Waals surface area contributed by atoms with Gasteiger partial charge in [-0.2, -0.15) is 0 Å². The number of amides is 1. The summed E-state index contributed by atoms with van der Waals surface area (Å²) in [6.45, 7) is 9.64. The molecule has 2 aliphatic rings. The highest BCUT2D eigenvalue weighted by Crippen LogP contribution is 2.36. The molecule has 1 amide bonds. The van der Waals surface area contributed by atoms with E-state index in [2.05, 4.69) is 54.5 Å². The molecule has 0 bridgehead atoms. The number of likely N-dealkylation sites (N-methyl/N-ethyl adjacent to an activating group) is 1. The van der Waals surface area contributed by atoms with Crippen LogP contribution in [0.5, 0.6) is 5.75 Å². The molecule has 2 aromatic carbocycles. The molecule has 2 aliphatic heterocycles. The zero-order valence-corrected chi connectivity index (χ0v) is 18.8. The average Bonchev–Trinajstić information content (AvgIpc) is 2.72. The van der Waals surface area contributed by atoms with Gasteiger partial charge in [0.05, 0.1) is 17.9 Å². The minimum atomic E-state index is -0.0126. The smallest absolute Gasteiger partial charge is 0.265 e. The van der Waals surface area contributed by atoms with Gasteiger partial charge in [-0.3, -0.25) is 4.79 Å². The minimum Gasteiger partial charge on any atom is -0.481 e. The van der Waals surface area contributed by atoms with E-state index in [1.54, 1.807) is 4.90 Å². The molecule has 7 heteroatoms. The highest BCUT2D eigenvalue weighted by molar-refractivity contribution is 5.98. The highest BCUT2D eigenvalue weighted by Gasteiger charge is 2.26.